The predicted octanol–water partition coefficient (Wildman–Crippen LogP) is 0.802. The lowest BCUT2D eigenvalue weighted by molar-refractivity contribution is -0.144. The number of rotatable bonds is 4. The maximum atomic E-state index is 11.2. The van der Waals surface area contributed by atoms with E-state index in [0.717, 1.165) is 4.90 Å². The molecule has 0 heterocycles. The molecule has 0 radical (unpaired) electrons. The van der Waals surface area contributed by atoms with Gasteiger partial charge in [-0.15, -0.1) is 0 Å². The average molecular weight is 237 g/mol. The van der Waals surface area contributed by atoms with Crippen molar-refractivity contribution in [2.24, 2.45) is 5.73 Å². The number of carbonyl (C=O) groups is 2. The van der Waals surface area contributed by atoms with Crippen LogP contribution >= 0.6 is 23.2 Å². The molecule has 0 aromatic carbocycles. The molecule has 0 aliphatic carbocycles. The van der Waals surface area contributed by atoms with Crippen LogP contribution in [0.5, 0.6) is 0 Å². The van der Waals surface area contributed by atoms with Gasteiger partial charge in [-0.2, -0.15) is 0 Å². The number of nitrogens with two attached hydrogens (primary N) is 1. The minimum atomic E-state index is -1.13. The van der Waals surface area contributed by atoms with E-state index in [2.05, 4.69) is 13.2 Å². The highest BCUT2D eigenvalue weighted by Gasteiger charge is 2.28. The number of carbonyl (C=O) groups excluding carboxylic acids is 2. The van der Waals surface area contributed by atoms with E-state index in [0.29, 0.717) is 0 Å². The van der Waals surface area contributed by atoms with Gasteiger partial charge in [0.25, 0.3) is 0 Å². The van der Waals surface area contributed by atoms with Crippen LogP contribution in [0.3, 0.4) is 0 Å². The van der Waals surface area contributed by atoms with Crippen molar-refractivity contribution in [1.29, 1.82) is 0 Å². The summed E-state index contributed by atoms with van der Waals surface area (Å²) < 4.78 is 0. The maximum Gasteiger partial charge on any atom is 0.314 e. The number of halogens is 2. The lowest BCUT2D eigenvalue weighted by Crippen LogP contribution is -2.46. The first-order chi connectivity index (χ1) is 6.45. The Labute approximate surface area is 91.9 Å². The smallest absolute Gasteiger partial charge is 0.314 e. The minimum Gasteiger partial charge on any atom is -0.361 e. The van der Waals surface area contributed by atoms with Crippen molar-refractivity contribution in [3.63, 3.8) is 0 Å². The number of primary amides is 1. The SMILES string of the molecule is C=CC(Cl)N(C(=O)C(N)=O)C(Cl)C=C. The largest absolute Gasteiger partial charge is 0.361 e. The van der Waals surface area contributed by atoms with Gasteiger partial charge in [0.1, 0.15) is 11.0 Å². The Morgan fingerprint density at radius 3 is 1.79 bits per heavy atom. The van der Waals surface area contributed by atoms with Gasteiger partial charge in [0.05, 0.1) is 0 Å². The van der Waals surface area contributed by atoms with Crippen LogP contribution in [-0.4, -0.2) is 27.7 Å². The molecule has 14 heavy (non-hydrogen) atoms. The second-order valence-corrected chi connectivity index (χ2v) is 3.19. The van der Waals surface area contributed by atoms with Crippen molar-refractivity contribution in [2.45, 2.75) is 11.0 Å². The topological polar surface area (TPSA) is 63.4 Å². The molecule has 0 bridgehead atoms. The fourth-order valence-electron chi connectivity index (χ4n) is 0.714. The van der Waals surface area contributed by atoms with E-state index in [-0.39, 0.29) is 0 Å². The summed E-state index contributed by atoms with van der Waals surface area (Å²) in [6.45, 7) is 6.74. The summed E-state index contributed by atoms with van der Waals surface area (Å²) in [7, 11) is 0. The lowest BCUT2D eigenvalue weighted by Gasteiger charge is -2.26. The molecule has 0 fully saturated rings. The fourth-order valence-corrected chi connectivity index (χ4v) is 1.19. The summed E-state index contributed by atoms with van der Waals surface area (Å²) in [5, 5.41) is 0. The van der Waals surface area contributed by atoms with E-state index >= 15 is 0 Å². The summed E-state index contributed by atoms with van der Waals surface area (Å²) in [4.78, 5) is 22.7. The van der Waals surface area contributed by atoms with Crippen molar-refractivity contribution in [3.8, 4) is 0 Å². The normalized spacial score (nSPS) is 13.9. The second kappa shape index (κ2) is 5.67. The quantitative estimate of drug-likeness (QED) is 0.340. The van der Waals surface area contributed by atoms with Gasteiger partial charge in [0.2, 0.25) is 0 Å². The van der Waals surface area contributed by atoms with Crippen LogP contribution in [0.4, 0.5) is 0 Å². The standard InChI is InChI=1S/C8H10Cl2N2O2/c1-3-5(9)12(6(10)4-2)8(14)7(11)13/h3-6H,1-2H2,(H2,11,13). The molecule has 0 saturated heterocycles. The molecule has 2 amide bonds. The summed E-state index contributed by atoms with van der Waals surface area (Å²) >= 11 is 11.4. The Bertz CT molecular complexity index is 254. The fraction of sp³-hybridized carbons (Fsp3) is 0.250. The Morgan fingerprint density at radius 1 is 1.21 bits per heavy atom. The average Bonchev–Trinajstić information content (AvgIpc) is 2.16. The molecule has 0 spiro atoms. The Balaban J connectivity index is 4.89. The van der Waals surface area contributed by atoms with Gasteiger partial charge in [0, 0.05) is 0 Å². The van der Waals surface area contributed by atoms with Crippen LogP contribution < -0.4 is 5.73 Å². The van der Waals surface area contributed by atoms with Crippen LogP contribution in [0.25, 0.3) is 0 Å². The zero-order valence-electron chi connectivity index (χ0n) is 7.32. The van der Waals surface area contributed by atoms with Gasteiger partial charge in [-0.25, -0.2) is 0 Å². The van der Waals surface area contributed by atoms with Gasteiger partial charge < -0.3 is 5.73 Å². The highest BCUT2D eigenvalue weighted by Crippen LogP contribution is 2.15. The first-order valence-electron chi connectivity index (χ1n) is 3.61. The van der Waals surface area contributed by atoms with Crippen molar-refractivity contribution in [3.05, 3.63) is 25.3 Å². The zero-order valence-corrected chi connectivity index (χ0v) is 8.83. The third-order valence-corrected chi connectivity index (χ3v) is 2.14. The minimum absolute atomic E-state index is 0.867. The van der Waals surface area contributed by atoms with Gasteiger partial charge in [-0.3, -0.25) is 14.5 Å². The van der Waals surface area contributed by atoms with E-state index in [1.54, 1.807) is 0 Å². The number of hydrogen-bond acceptors (Lipinski definition) is 2. The molecular weight excluding hydrogens is 227 g/mol. The number of hydrogen-bond donors (Lipinski definition) is 1. The van der Waals surface area contributed by atoms with Crippen molar-refractivity contribution < 1.29 is 9.59 Å². The Morgan fingerprint density at radius 2 is 1.57 bits per heavy atom. The van der Waals surface area contributed by atoms with Crippen LogP contribution in [-0.2, 0) is 9.59 Å². The molecule has 2 unspecified atom stereocenters. The molecule has 78 valence electrons. The monoisotopic (exact) mass is 236 g/mol. The van der Waals surface area contributed by atoms with E-state index in [1.807, 2.05) is 0 Å². The van der Waals surface area contributed by atoms with Crippen LogP contribution in [0.1, 0.15) is 0 Å². The van der Waals surface area contributed by atoms with Gasteiger partial charge >= 0.3 is 11.8 Å². The summed E-state index contributed by atoms with van der Waals surface area (Å²) in [6.07, 6.45) is 2.50. The van der Waals surface area contributed by atoms with Gasteiger partial charge in [-0.1, -0.05) is 48.5 Å². The van der Waals surface area contributed by atoms with Gasteiger partial charge in [0.15, 0.2) is 0 Å². The molecule has 2 atom stereocenters. The first-order valence-corrected chi connectivity index (χ1v) is 4.48. The summed E-state index contributed by atoms with van der Waals surface area (Å²) in [6, 6.07) is 0. The Kier molecular flexibility index (Phi) is 5.27. The molecule has 4 nitrogen and oxygen atoms in total. The molecule has 0 saturated carbocycles. The third-order valence-electron chi connectivity index (χ3n) is 1.37. The van der Waals surface area contributed by atoms with Crippen LogP contribution in [0.15, 0.2) is 25.3 Å². The highest BCUT2D eigenvalue weighted by molar-refractivity contribution is 6.38. The van der Waals surface area contributed by atoms with E-state index in [4.69, 9.17) is 28.9 Å². The van der Waals surface area contributed by atoms with Crippen molar-refractivity contribution in [1.82, 2.24) is 4.90 Å². The van der Waals surface area contributed by atoms with Gasteiger partial charge in [-0.05, 0) is 0 Å². The van der Waals surface area contributed by atoms with Crippen molar-refractivity contribution in [2.75, 3.05) is 0 Å². The van der Waals surface area contributed by atoms with E-state index in [9.17, 15) is 9.59 Å². The second-order valence-electron chi connectivity index (χ2n) is 2.29. The first kappa shape index (κ1) is 13.0. The highest BCUT2D eigenvalue weighted by atomic mass is 35.5. The lowest BCUT2D eigenvalue weighted by atomic mass is 10.4. The molecule has 0 aromatic heterocycles. The maximum absolute atomic E-state index is 11.2. The predicted molar refractivity (Wildman–Crippen MR) is 55.7 cm³/mol. The molecule has 0 aliphatic heterocycles. The molecule has 2 N–H and O–H groups in total. The van der Waals surface area contributed by atoms with Crippen LogP contribution in [0, 0.1) is 0 Å². The molecule has 0 rings (SSSR count). The van der Waals surface area contributed by atoms with Crippen LogP contribution in [0.2, 0.25) is 0 Å². The van der Waals surface area contributed by atoms with E-state index < -0.39 is 22.8 Å². The molecular formula is C8H10Cl2N2O2. The number of alkyl halides is 2. The Hall–Kier alpha value is -1.00. The summed E-state index contributed by atoms with van der Waals surface area (Å²) in [5.41, 5.74) is 2.99. The molecule has 0 aliphatic rings. The molecule has 6 heteroatoms. The van der Waals surface area contributed by atoms with E-state index in [1.165, 1.54) is 12.2 Å². The summed E-state index contributed by atoms with van der Waals surface area (Å²) in [5.74, 6) is -2.12. The third kappa shape index (κ3) is 3.05. The zero-order chi connectivity index (χ0) is 11.3. The number of amides is 2. The number of nitrogens with zero attached hydrogens (tertiary/aromatic N) is 1. The molecule has 0 aromatic rings. The van der Waals surface area contributed by atoms with Crippen molar-refractivity contribution >= 4 is 35.0 Å².